The van der Waals surface area contributed by atoms with Crippen molar-refractivity contribution in [2.24, 2.45) is 0 Å². The number of aromatic nitrogens is 2. The molecule has 0 spiro atoms. The van der Waals surface area contributed by atoms with Crippen LogP contribution >= 0.6 is 0 Å². The van der Waals surface area contributed by atoms with Gasteiger partial charge in [-0.05, 0) is 6.42 Å². The number of ether oxygens (including phenoxy) is 1. The standard InChI is InChI=1S/C10H17N3O2/c1-2-9-11-12-10(15-9)8-13-4-3-6-14-7-5-13/h2-8H2,1H3. The van der Waals surface area contributed by atoms with E-state index in [-0.39, 0.29) is 0 Å². The second kappa shape index (κ2) is 5.23. The third-order valence-electron chi connectivity index (χ3n) is 2.48. The highest BCUT2D eigenvalue weighted by atomic mass is 16.5. The quantitative estimate of drug-likeness (QED) is 0.742. The molecule has 1 saturated heterocycles. The van der Waals surface area contributed by atoms with Crippen LogP contribution in [-0.2, 0) is 17.7 Å². The zero-order chi connectivity index (χ0) is 10.5. The van der Waals surface area contributed by atoms with Crippen LogP contribution < -0.4 is 0 Å². The van der Waals surface area contributed by atoms with Gasteiger partial charge in [-0.3, -0.25) is 4.90 Å². The molecule has 1 aliphatic heterocycles. The molecule has 1 fully saturated rings. The van der Waals surface area contributed by atoms with Crippen LogP contribution in [0.1, 0.15) is 25.1 Å². The lowest BCUT2D eigenvalue weighted by atomic mass is 10.4. The topological polar surface area (TPSA) is 51.4 Å². The molecule has 0 bridgehead atoms. The second-order valence-electron chi connectivity index (χ2n) is 3.69. The van der Waals surface area contributed by atoms with Gasteiger partial charge in [-0.25, -0.2) is 0 Å². The molecule has 0 aliphatic carbocycles. The van der Waals surface area contributed by atoms with E-state index >= 15 is 0 Å². The highest BCUT2D eigenvalue weighted by molar-refractivity contribution is 4.81. The molecule has 0 unspecified atom stereocenters. The maximum absolute atomic E-state index is 5.47. The van der Waals surface area contributed by atoms with Crippen molar-refractivity contribution in [3.8, 4) is 0 Å². The van der Waals surface area contributed by atoms with E-state index in [4.69, 9.17) is 9.15 Å². The van der Waals surface area contributed by atoms with Gasteiger partial charge in [-0.2, -0.15) is 0 Å². The predicted molar refractivity (Wildman–Crippen MR) is 54.4 cm³/mol. The maximum atomic E-state index is 5.47. The summed E-state index contributed by atoms with van der Waals surface area (Å²) in [6.07, 6.45) is 1.88. The molecule has 0 amide bonds. The largest absolute Gasteiger partial charge is 0.424 e. The normalized spacial score (nSPS) is 19.0. The monoisotopic (exact) mass is 211 g/mol. The summed E-state index contributed by atoms with van der Waals surface area (Å²) >= 11 is 0. The smallest absolute Gasteiger partial charge is 0.230 e. The van der Waals surface area contributed by atoms with E-state index in [9.17, 15) is 0 Å². The summed E-state index contributed by atoms with van der Waals surface area (Å²) in [5.74, 6) is 1.44. The minimum absolute atomic E-state index is 0.716. The zero-order valence-corrected chi connectivity index (χ0v) is 9.11. The Balaban J connectivity index is 1.89. The number of hydrogen-bond acceptors (Lipinski definition) is 5. The Hall–Kier alpha value is -0.940. The lowest BCUT2D eigenvalue weighted by molar-refractivity contribution is 0.138. The van der Waals surface area contributed by atoms with Gasteiger partial charge in [-0.1, -0.05) is 6.92 Å². The van der Waals surface area contributed by atoms with Crippen molar-refractivity contribution in [3.63, 3.8) is 0 Å². The van der Waals surface area contributed by atoms with Crippen LogP contribution in [0.3, 0.4) is 0 Å². The first-order chi connectivity index (χ1) is 7.38. The summed E-state index contributed by atoms with van der Waals surface area (Å²) in [6, 6.07) is 0. The Kier molecular flexibility index (Phi) is 3.69. The summed E-state index contributed by atoms with van der Waals surface area (Å²) in [5, 5.41) is 7.96. The van der Waals surface area contributed by atoms with Gasteiger partial charge in [0.25, 0.3) is 0 Å². The van der Waals surface area contributed by atoms with Gasteiger partial charge in [0.2, 0.25) is 11.8 Å². The minimum atomic E-state index is 0.716. The van der Waals surface area contributed by atoms with E-state index < -0.39 is 0 Å². The fraction of sp³-hybridized carbons (Fsp3) is 0.800. The van der Waals surface area contributed by atoms with Crippen molar-refractivity contribution in [2.75, 3.05) is 26.3 Å². The third kappa shape index (κ3) is 3.00. The molecule has 0 atom stereocenters. The molecule has 1 aliphatic rings. The highest BCUT2D eigenvalue weighted by Crippen LogP contribution is 2.07. The molecule has 1 aromatic rings. The van der Waals surface area contributed by atoms with Crippen molar-refractivity contribution < 1.29 is 9.15 Å². The van der Waals surface area contributed by atoms with E-state index in [0.717, 1.165) is 51.6 Å². The molecule has 5 nitrogen and oxygen atoms in total. The molecule has 0 aromatic carbocycles. The van der Waals surface area contributed by atoms with Crippen molar-refractivity contribution in [2.45, 2.75) is 26.3 Å². The van der Waals surface area contributed by atoms with Crippen LogP contribution in [0, 0.1) is 0 Å². The van der Waals surface area contributed by atoms with Gasteiger partial charge < -0.3 is 9.15 Å². The van der Waals surface area contributed by atoms with E-state index in [1.807, 2.05) is 6.92 Å². The first kappa shape index (κ1) is 10.6. The van der Waals surface area contributed by atoms with E-state index in [2.05, 4.69) is 15.1 Å². The van der Waals surface area contributed by atoms with E-state index in [1.54, 1.807) is 0 Å². The average Bonchev–Trinajstić information content (AvgIpc) is 2.54. The summed E-state index contributed by atoms with van der Waals surface area (Å²) in [6.45, 7) is 6.41. The van der Waals surface area contributed by atoms with Crippen LogP contribution in [0.25, 0.3) is 0 Å². The van der Waals surface area contributed by atoms with Gasteiger partial charge >= 0.3 is 0 Å². The van der Waals surface area contributed by atoms with Crippen molar-refractivity contribution in [3.05, 3.63) is 11.8 Å². The first-order valence-electron chi connectivity index (χ1n) is 5.50. The Morgan fingerprint density at radius 3 is 2.87 bits per heavy atom. The summed E-state index contributed by atoms with van der Waals surface area (Å²) in [7, 11) is 0. The second-order valence-corrected chi connectivity index (χ2v) is 3.69. The molecule has 0 radical (unpaired) electrons. The molecule has 0 saturated carbocycles. The molecule has 5 heteroatoms. The summed E-state index contributed by atoms with van der Waals surface area (Å²) in [4.78, 5) is 2.29. The lowest BCUT2D eigenvalue weighted by Gasteiger charge is -2.15. The van der Waals surface area contributed by atoms with Gasteiger partial charge in [0.1, 0.15) is 0 Å². The van der Waals surface area contributed by atoms with Crippen LogP contribution in [0.15, 0.2) is 4.42 Å². The number of nitrogens with zero attached hydrogens (tertiary/aromatic N) is 3. The first-order valence-corrected chi connectivity index (χ1v) is 5.50. The molecule has 84 valence electrons. The summed E-state index contributed by atoms with van der Waals surface area (Å²) < 4.78 is 10.9. The Morgan fingerprint density at radius 1 is 1.20 bits per heavy atom. The van der Waals surface area contributed by atoms with Crippen LogP contribution in [-0.4, -0.2) is 41.4 Å². The van der Waals surface area contributed by atoms with Crippen LogP contribution in [0.5, 0.6) is 0 Å². The van der Waals surface area contributed by atoms with Crippen LogP contribution in [0.2, 0.25) is 0 Å². The SMILES string of the molecule is CCc1nnc(CN2CCCOCC2)o1. The minimum Gasteiger partial charge on any atom is -0.424 e. The molecule has 2 rings (SSSR count). The predicted octanol–water partition coefficient (Wildman–Crippen LogP) is 0.854. The Labute approximate surface area is 89.4 Å². The van der Waals surface area contributed by atoms with Gasteiger partial charge in [0, 0.05) is 26.1 Å². The fourth-order valence-corrected chi connectivity index (χ4v) is 1.64. The van der Waals surface area contributed by atoms with Gasteiger partial charge in [0.15, 0.2) is 0 Å². The maximum Gasteiger partial charge on any atom is 0.230 e. The van der Waals surface area contributed by atoms with E-state index in [0.29, 0.717) is 5.89 Å². The number of hydrogen-bond donors (Lipinski definition) is 0. The molecule has 1 aromatic heterocycles. The number of rotatable bonds is 3. The molecular weight excluding hydrogens is 194 g/mol. The van der Waals surface area contributed by atoms with E-state index in [1.165, 1.54) is 0 Å². The lowest BCUT2D eigenvalue weighted by Crippen LogP contribution is -2.25. The van der Waals surface area contributed by atoms with Gasteiger partial charge in [0.05, 0.1) is 13.2 Å². The van der Waals surface area contributed by atoms with Crippen LogP contribution in [0.4, 0.5) is 0 Å². The van der Waals surface area contributed by atoms with Crippen molar-refractivity contribution in [1.29, 1.82) is 0 Å². The molecule has 2 heterocycles. The zero-order valence-electron chi connectivity index (χ0n) is 9.11. The molecule has 15 heavy (non-hydrogen) atoms. The highest BCUT2D eigenvalue weighted by Gasteiger charge is 2.13. The molecular formula is C10H17N3O2. The fourth-order valence-electron chi connectivity index (χ4n) is 1.64. The summed E-state index contributed by atoms with van der Waals surface area (Å²) in [5.41, 5.74) is 0. The van der Waals surface area contributed by atoms with Crippen molar-refractivity contribution >= 4 is 0 Å². The Bertz CT molecular complexity index is 293. The van der Waals surface area contributed by atoms with Gasteiger partial charge in [-0.15, -0.1) is 10.2 Å². The average molecular weight is 211 g/mol. The number of aryl methyl sites for hydroxylation is 1. The van der Waals surface area contributed by atoms with Crippen molar-refractivity contribution in [1.82, 2.24) is 15.1 Å². The third-order valence-corrected chi connectivity index (χ3v) is 2.48. The molecule has 0 N–H and O–H groups in total. The Morgan fingerprint density at radius 2 is 2.07 bits per heavy atom.